The Morgan fingerprint density at radius 1 is 1.08 bits per heavy atom. The Kier molecular flexibility index (Phi) is 6.48. The Morgan fingerprint density at radius 2 is 1.60 bits per heavy atom. The quantitative estimate of drug-likeness (QED) is 0.655. The van der Waals surface area contributed by atoms with Gasteiger partial charge in [0.05, 0.1) is 17.6 Å². The maximum Gasteiger partial charge on any atom is 0.335 e. The minimum atomic E-state index is -0.994. The molecule has 3 N–H and O–H groups in total. The van der Waals surface area contributed by atoms with Crippen LogP contribution in [0.4, 0.5) is 0 Å². The van der Waals surface area contributed by atoms with Crippen molar-refractivity contribution in [3.63, 3.8) is 0 Å². The first-order valence-corrected chi connectivity index (χ1v) is 8.22. The molecular weight excluding hydrogens is 320 g/mol. The van der Waals surface area contributed by atoms with Crippen LogP contribution < -0.4 is 10.6 Å². The van der Waals surface area contributed by atoms with Gasteiger partial charge in [0.1, 0.15) is 6.29 Å². The molecule has 138 valence electrons. The molecule has 6 nitrogen and oxygen atoms in total. The second-order valence-corrected chi connectivity index (χ2v) is 7.81. The van der Waals surface area contributed by atoms with Crippen LogP contribution >= 0.6 is 0 Å². The first kappa shape index (κ1) is 20.8. The summed E-state index contributed by atoms with van der Waals surface area (Å²) in [6, 6.07) is 5.28. The molecule has 25 heavy (non-hydrogen) atoms. The lowest BCUT2D eigenvalue weighted by molar-refractivity contribution is -0.128. The molecule has 2 atom stereocenters. The summed E-state index contributed by atoms with van der Waals surface area (Å²) in [5.74, 6) is -1.27. The van der Waals surface area contributed by atoms with Crippen molar-refractivity contribution in [3.8, 4) is 0 Å². The van der Waals surface area contributed by atoms with Crippen LogP contribution in [0.3, 0.4) is 0 Å². The van der Waals surface area contributed by atoms with Gasteiger partial charge in [0.25, 0.3) is 0 Å². The van der Waals surface area contributed by atoms with Crippen molar-refractivity contribution in [1.82, 2.24) is 10.6 Å². The van der Waals surface area contributed by atoms with Crippen molar-refractivity contribution in [2.75, 3.05) is 7.05 Å². The molecule has 0 radical (unpaired) electrons. The summed E-state index contributed by atoms with van der Waals surface area (Å²) in [7, 11) is 1.69. The molecule has 0 aliphatic carbocycles. The number of carboxylic acids is 1. The van der Waals surface area contributed by atoms with Gasteiger partial charge in [-0.15, -0.1) is 0 Å². The van der Waals surface area contributed by atoms with Crippen molar-refractivity contribution < 1.29 is 19.5 Å². The van der Waals surface area contributed by atoms with Crippen molar-refractivity contribution in [1.29, 1.82) is 0 Å². The van der Waals surface area contributed by atoms with Gasteiger partial charge in [-0.1, -0.05) is 46.8 Å². The van der Waals surface area contributed by atoms with E-state index >= 15 is 0 Å². The summed E-state index contributed by atoms with van der Waals surface area (Å²) in [6.07, 6.45) is 0.749. The molecule has 0 saturated heterocycles. The van der Waals surface area contributed by atoms with E-state index in [1.165, 1.54) is 12.1 Å². The number of carboxylic acid groups (broad SMARTS) is 1. The highest BCUT2D eigenvalue weighted by atomic mass is 16.4. The molecule has 1 amide bonds. The van der Waals surface area contributed by atoms with Gasteiger partial charge in [-0.05, 0) is 30.2 Å². The fourth-order valence-electron chi connectivity index (χ4n) is 2.72. The van der Waals surface area contributed by atoms with Gasteiger partial charge in [0.15, 0.2) is 0 Å². The summed E-state index contributed by atoms with van der Waals surface area (Å²) in [5.41, 5.74) is 0.0219. The van der Waals surface area contributed by atoms with Gasteiger partial charge in [0.2, 0.25) is 5.91 Å². The van der Waals surface area contributed by atoms with E-state index in [1.807, 2.05) is 34.6 Å². The highest BCUT2D eigenvalue weighted by Gasteiger charge is 2.37. The van der Waals surface area contributed by atoms with Crippen molar-refractivity contribution >= 4 is 18.2 Å². The van der Waals surface area contributed by atoms with Crippen LogP contribution in [0.25, 0.3) is 0 Å². The van der Waals surface area contributed by atoms with Crippen molar-refractivity contribution in [3.05, 3.63) is 35.4 Å². The zero-order chi connectivity index (χ0) is 19.4. The topological polar surface area (TPSA) is 95.5 Å². The Balaban J connectivity index is 3.08. The van der Waals surface area contributed by atoms with Gasteiger partial charge in [-0.2, -0.15) is 0 Å². The summed E-state index contributed by atoms with van der Waals surface area (Å²) in [6.45, 7) is 9.45. The minimum absolute atomic E-state index is 0.193. The van der Waals surface area contributed by atoms with Gasteiger partial charge < -0.3 is 20.5 Å². The highest BCUT2D eigenvalue weighted by Crippen LogP contribution is 2.28. The van der Waals surface area contributed by atoms with Gasteiger partial charge in [0, 0.05) is 5.41 Å². The predicted octanol–water partition coefficient (Wildman–Crippen LogP) is 1.98. The third-order valence-electron chi connectivity index (χ3n) is 4.52. The summed E-state index contributed by atoms with van der Waals surface area (Å²) in [5, 5.41) is 14.8. The molecule has 0 spiro atoms. The van der Waals surface area contributed by atoms with Crippen LogP contribution in [-0.4, -0.2) is 42.4 Å². The lowest BCUT2D eigenvalue weighted by atomic mass is 9.76. The zero-order valence-electron chi connectivity index (χ0n) is 15.7. The van der Waals surface area contributed by atoms with Crippen LogP contribution in [0.2, 0.25) is 0 Å². The van der Waals surface area contributed by atoms with Crippen LogP contribution in [-0.2, 0) is 15.0 Å². The summed E-state index contributed by atoms with van der Waals surface area (Å²) >= 11 is 0. The molecule has 0 bridgehead atoms. The predicted molar refractivity (Wildman–Crippen MR) is 96.7 cm³/mol. The van der Waals surface area contributed by atoms with Gasteiger partial charge in [-0.25, -0.2) is 4.79 Å². The maximum absolute atomic E-state index is 12.8. The average Bonchev–Trinajstić information content (AvgIpc) is 2.51. The lowest BCUT2D eigenvalue weighted by Gasteiger charge is -2.36. The second kappa shape index (κ2) is 7.78. The van der Waals surface area contributed by atoms with Crippen molar-refractivity contribution in [2.45, 2.75) is 52.1 Å². The van der Waals surface area contributed by atoms with Crippen molar-refractivity contribution in [2.24, 2.45) is 5.41 Å². The Morgan fingerprint density at radius 3 is 1.96 bits per heavy atom. The van der Waals surface area contributed by atoms with E-state index in [2.05, 4.69) is 10.6 Å². The number of benzene rings is 1. The van der Waals surface area contributed by atoms with Gasteiger partial charge >= 0.3 is 5.97 Å². The van der Waals surface area contributed by atoms with Crippen LogP contribution in [0.1, 0.15) is 50.5 Å². The largest absolute Gasteiger partial charge is 0.478 e. The summed E-state index contributed by atoms with van der Waals surface area (Å²) < 4.78 is 0. The van der Waals surface area contributed by atoms with E-state index in [-0.39, 0.29) is 16.9 Å². The summed E-state index contributed by atoms with van der Waals surface area (Å²) in [4.78, 5) is 35.1. The van der Waals surface area contributed by atoms with Crippen LogP contribution in [0, 0.1) is 5.41 Å². The normalized spacial score (nSPS) is 14.5. The van der Waals surface area contributed by atoms with E-state index in [1.54, 1.807) is 19.2 Å². The number of hydrogen-bond acceptors (Lipinski definition) is 4. The molecule has 1 rings (SSSR count). The number of carbonyl (C=O) groups excluding carboxylic acids is 2. The molecule has 0 aliphatic heterocycles. The molecule has 0 heterocycles. The Hall–Kier alpha value is -2.21. The molecule has 1 aromatic carbocycles. The number of amides is 1. The van der Waals surface area contributed by atoms with E-state index in [9.17, 15) is 14.4 Å². The molecule has 1 aromatic rings. The van der Waals surface area contributed by atoms with E-state index < -0.39 is 23.5 Å². The first-order valence-electron chi connectivity index (χ1n) is 8.22. The zero-order valence-corrected chi connectivity index (χ0v) is 15.7. The molecule has 0 saturated carbocycles. The molecule has 0 aliphatic rings. The van der Waals surface area contributed by atoms with E-state index in [0.717, 1.165) is 11.8 Å². The number of nitrogens with one attached hydrogen (secondary N) is 2. The number of rotatable bonds is 7. The third kappa shape index (κ3) is 4.89. The number of carbonyl (C=O) groups is 3. The van der Waals surface area contributed by atoms with E-state index in [4.69, 9.17) is 5.11 Å². The first-order chi connectivity index (χ1) is 11.4. The Bertz CT molecular complexity index is 630. The van der Waals surface area contributed by atoms with E-state index in [0.29, 0.717) is 0 Å². The SMILES string of the molecule is CNC(C(=O)NC(C=O)C(C)(C)C)C(C)(C)c1ccc(C(=O)O)cc1. The fourth-order valence-corrected chi connectivity index (χ4v) is 2.72. The molecular formula is C19H28N2O4. The second-order valence-electron chi connectivity index (χ2n) is 7.81. The number of aromatic carboxylic acids is 1. The average molecular weight is 348 g/mol. The highest BCUT2D eigenvalue weighted by molar-refractivity contribution is 5.88. The molecule has 2 unspecified atom stereocenters. The minimum Gasteiger partial charge on any atom is -0.478 e. The molecule has 0 aromatic heterocycles. The lowest BCUT2D eigenvalue weighted by Crippen LogP contribution is -2.57. The van der Waals surface area contributed by atoms with Crippen LogP contribution in [0.15, 0.2) is 24.3 Å². The molecule has 0 fully saturated rings. The monoisotopic (exact) mass is 348 g/mol. The number of likely N-dealkylation sites (N-methyl/N-ethyl adjacent to an activating group) is 1. The number of hydrogen-bond donors (Lipinski definition) is 3. The Labute approximate surface area is 149 Å². The standard InChI is InChI=1S/C19H28N2O4/c1-18(2,3)14(11-22)21-16(23)15(20-6)19(4,5)13-9-7-12(8-10-13)17(24)25/h7-11,14-15,20H,1-6H3,(H,21,23)(H,24,25). The molecule has 6 heteroatoms. The van der Waals surface area contributed by atoms with Crippen LogP contribution in [0.5, 0.6) is 0 Å². The number of aldehydes is 1. The smallest absolute Gasteiger partial charge is 0.335 e. The third-order valence-corrected chi connectivity index (χ3v) is 4.52. The van der Waals surface area contributed by atoms with Gasteiger partial charge in [-0.3, -0.25) is 4.79 Å². The fraction of sp³-hybridized carbons (Fsp3) is 0.526. The maximum atomic E-state index is 12.8.